The lowest BCUT2D eigenvalue weighted by Crippen LogP contribution is -2.40. The highest BCUT2D eigenvalue weighted by Crippen LogP contribution is 2.35. The van der Waals surface area contributed by atoms with Crippen LogP contribution in [-0.4, -0.2) is 53.9 Å². The smallest absolute Gasteiger partial charge is 0.299 e. The number of Topliss-reactive ketones (excluding diaryl/α,β-unsaturated/α-hetero) is 1. The van der Waals surface area contributed by atoms with E-state index in [1.54, 1.807) is 36.4 Å². The second-order valence-electron chi connectivity index (χ2n) is 9.03. The van der Waals surface area contributed by atoms with Gasteiger partial charge in [0.2, 0.25) is 0 Å². The normalized spacial score (nSPS) is 16.6. The Labute approximate surface area is 212 Å². The van der Waals surface area contributed by atoms with Crippen molar-refractivity contribution in [3.05, 3.63) is 99.6 Å². The van der Waals surface area contributed by atoms with E-state index in [1.165, 1.54) is 22.0 Å². The van der Waals surface area contributed by atoms with Gasteiger partial charge in [0.05, 0.1) is 27.9 Å². The number of nitro benzene ring substituents is 1. The van der Waals surface area contributed by atoms with Crippen molar-refractivity contribution in [2.75, 3.05) is 30.4 Å². The van der Waals surface area contributed by atoms with Crippen molar-refractivity contribution in [3.8, 4) is 0 Å². The number of fused-ring (bicyclic) bond motifs is 1. The van der Waals surface area contributed by atoms with Gasteiger partial charge in [-0.2, -0.15) is 5.10 Å². The van der Waals surface area contributed by atoms with Gasteiger partial charge in [-0.25, -0.2) is 5.01 Å². The number of benzene rings is 3. The van der Waals surface area contributed by atoms with Gasteiger partial charge in [0.15, 0.2) is 0 Å². The van der Waals surface area contributed by atoms with E-state index in [-0.39, 0.29) is 17.8 Å². The number of hydrogen-bond acceptors (Lipinski definition) is 7. The highest BCUT2D eigenvalue weighted by atomic mass is 16.6. The van der Waals surface area contributed by atoms with E-state index in [0.717, 1.165) is 11.3 Å². The monoisotopic (exact) mass is 497 g/mol. The standard InChI is InChI=1S/C27H23N5O5/c1-29(2)19-11-9-18(10-12-19)24-15-22(17-7-13-20(14-8-17)32(36)37)28-31(24)25(33)16-30-23-6-4-3-5-21(23)26(34)27(30)35/h3-14,24H,15-16H2,1-2H3. The molecule has 3 aromatic carbocycles. The number of nitrogens with zero attached hydrogens (tertiary/aromatic N) is 5. The first kappa shape index (κ1) is 23.9. The molecule has 0 fully saturated rings. The van der Waals surface area contributed by atoms with Crippen LogP contribution in [0.15, 0.2) is 77.9 Å². The molecule has 2 aliphatic rings. The van der Waals surface area contributed by atoms with Crippen LogP contribution < -0.4 is 9.80 Å². The van der Waals surface area contributed by atoms with Gasteiger partial charge < -0.3 is 4.90 Å². The van der Waals surface area contributed by atoms with Crippen molar-refractivity contribution in [2.24, 2.45) is 5.10 Å². The van der Waals surface area contributed by atoms with Gasteiger partial charge in [0.1, 0.15) is 6.54 Å². The Morgan fingerprint density at radius 2 is 1.70 bits per heavy atom. The molecule has 1 atom stereocenters. The Balaban J connectivity index is 1.47. The summed E-state index contributed by atoms with van der Waals surface area (Å²) in [5.74, 6) is -1.84. The number of hydrazone groups is 1. The number of carbonyl (C=O) groups is 3. The number of carbonyl (C=O) groups excluding carboxylic acids is 3. The van der Waals surface area contributed by atoms with E-state index in [1.807, 2.05) is 43.3 Å². The second kappa shape index (κ2) is 9.30. The van der Waals surface area contributed by atoms with Gasteiger partial charge in [-0.15, -0.1) is 0 Å². The third-order valence-corrected chi connectivity index (χ3v) is 6.54. The van der Waals surface area contributed by atoms with Gasteiger partial charge in [-0.1, -0.05) is 24.3 Å². The fraction of sp³-hybridized carbons (Fsp3) is 0.185. The van der Waals surface area contributed by atoms with Crippen LogP contribution in [0.5, 0.6) is 0 Å². The summed E-state index contributed by atoms with van der Waals surface area (Å²) in [6, 6.07) is 19.9. The van der Waals surface area contributed by atoms with Crippen molar-refractivity contribution in [1.29, 1.82) is 0 Å². The molecule has 0 saturated heterocycles. The molecular formula is C27H23N5O5. The molecule has 0 aromatic heterocycles. The van der Waals surface area contributed by atoms with E-state index in [2.05, 4.69) is 5.10 Å². The summed E-state index contributed by atoms with van der Waals surface area (Å²) in [6.07, 6.45) is 0.383. The summed E-state index contributed by atoms with van der Waals surface area (Å²) < 4.78 is 0. The average molecular weight is 498 g/mol. The molecular weight excluding hydrogens is 474 g/mol. The number of hydrogen-bond donors (Lipinski definition) is 0. The van der Waals surface area contributed by atoms with E-state index in [4.69, 9.17) is 0 Å². The van der Waals surface area contributed by atoms with Crippen molar-refractivity contribution in [1.82, 2.24) is 5.01 Å². The van der Waals surface area contributed by atoms with Crippen molar-refractivity contribution in [3.63, 3.8) is 0 Å². The van der Waals surface area contributed by atoms with Crippen LogP contribution in [0.4, 0.5) is 17.1 Å². The van der Waals surface area contributed by atoms with Crippen LogP contribution in [0.3, 0.4) is 0 Å². The maximum absolute atomic E-state index is 13.6. The molecule has 10 nitrogen and oxygen atoms in total. The summed E-state index contributed by atoms with van der Waals surface area (Å²) in [5.41, 5.74) is 3.73. The van der Waals surface area contributed by atoms with E-state index in [9.17, 15) is 24.5 Å². The number of amides is 2. The largest absolute Gasteiger partial charge is 0.378 e. The van der Waals surface area contributed by atoms with Crippen molar-refractivity contribution in [2.45, 2.75) is 12.5 Å². The molecule has 0 saturated carbocycles. The number of nitro groups is 1. The first-order valence-corrected chi connectivity index (χ1v) is 11.6. The van der Waals surface area contributed by atoms with Gasteiger partial charge in [-0.3, -0.25) is 29.4 Å². The molecule has 5 rings (SSSR count). The Bertz CT molecular complexity index is 1450. The predicted molar refractivity (Wildman–Crippen MR) is 138 cm³/mol. The molecule has 0 spiro atoms. The highest BCUT2D eigenvalue weighted by Gasteiger charge is 2.40. The fourth-order valence-electron chi connectivity index (χ4n) is 4.56. The first-order valence-electron chi connectivity index (χ1n) is 11.6. The number of para-hydroxylation sites is 1. The van der Waals surface area contributed by atoms with E-state index < -0.39 is 28.6 Å². The summed E-state index contributed by atoms with van der Waals surface area (Å²) in [7, 11) is 3.87. The topological polar surface area (TPSA) is 116 Å². The van der Waals surface area contributed by atoms with Gasteiger partial charge >= 0.3 is 0 Å². The molecule has 3 aromatic rings. The minimum absolute atomic E-state index is 0.0398. The van der Waals surface area contributed by atoms with Crippen LogP contribution in [0.1, 0.15) is 33.9 Å². The van der Waals surface area contributed by atoms with Crippen LogP contribution in [0.2, 0.25) is 0 Å². The quantitative estimate of drug-likeness (QED) is 0.292. The molecule has 2 heterocycles. The molecule has 0 aliphatic carbocycles. The number of rotatable bonds is 6. The summed E-state index contributed by atoms with van der Waals surface area (Å²) in [6.45, 7) is -0.342. The summed E-state index contributed by atoms with van der Waals surface area (Å²) >= 11 is 0. The number of non-ortho nitro benzene ring substituents is 1. The van der Waals surface area contributed by atoms with Crippen LogP contribution in [0.25, 0.3) is 0 Å². The van der Waals surface area contributed by atoms with Crippen LogP contribution >= 0.6 is 0 Å². The summed E-state index contributed by atoms with van der Waals surface area (Å²) in [5, 5.41) is 17.0. The minimum atomic E-state index is -0.750. The third-order valence-electron chi connectivity index (χ3n) is 6.54. The Morgan fingerprint density at radius 3 is 2.35 bits per heavy atom. The van der Waals surface area contributed by atoms with Crippen molar-refractivity contribution < 1.29 is 19.3 Å². The molecule has 0 N–H and O–H groups in total. The van der Waals surface area contributed by atoms with Gasteiger partial charge in [0.25, 0.3) is 23.3 Å². The highest BCUT2D eigenvalue weighted by molar-refractivity contribution is 6.52. The maximum Gasteiger partial charge on any atom is 0.299 e. The summed E-state index contributed by atoms with van der Waals surface area (Å²) in [4.78, 5) is 52.3. The minimum Gasteiger partial charge on any atom is -0.378 e. The van der Waals surface area contributed by atoms with Gasteiger partial charge in [-0.05, 0) is 47.5 Å². The molecule has 10 heteroatoms. The Hall–Kier alpha value is -4.86. The molecule has 2 amide bonds. The zero-order chi connectivity index (χ0) is 26.3. The van der Waals surface area contributed by atoms with Gasteiger partial charge in [0, 0.05) is 38.3 Å². The lowest BCUT2D eigenvalue weighted by atomic mass is 9.98. The zero-order valence-corrected chi connectivity index (χ0v) is 20.2. The van der Waals surface area contributed by atoms with E-state index in [0.29, 0.717) is 23.4 Å². The first-order chi connectivity index (χ1) is 17.7. The fourth-order valence-corrected chi connectivity index (χ4v) is 4.56. The van der Waals surface area contributed by atoms with Crippen LogP contribution in [-0.2, 0) is 9.59 Å². The van der Waals surface area contributed by atoms with Crippen LogP contribution in [0, 0.1) is 10.1 Å². The Kier molecular flexibility index (Phi) is 6.00. The molecule has 186 valence electrons. The zero-order valence-electron chi connectivity index (χ0n) is 20.2. The molecule has 0 bridgehead atoms. The second-order valence-corrected chi connectivity index (χ2v) is 9.03. The number of ketones is 1. The Morgan fingerprint density at radius 1 is 1.03 bits per heavy atom. The molecule has 37 heavy (non-hydrogen) atoms. The lowest BCUT2D eigenvalue weighted by molar-refractivity contribution is -0.384. The predicted octanol–water partition coefficient (Wildman–Crippen LogP) is 3.57. The average Bonchev–Trinajstić information content (AvgIpc) is 3.45. The maximum atomic E-state index is 13.6. The number of anilines is 2. The lowest BCUT2D eigenvalue weighted by Gasteiger charge is -2.25. The molecule has 2 aliphatic heterocycles. The third kappa shape index (κ3) is 4.33. The molecule has 1 unspecified atom stereocenters. The molecule has 0 radical (unpaired) electrons. The van der Waals surface area contributed by atoms with Crippen molar-refractivity contribution >= 4 is 40.4 Å². The van der Waals surface area contributed by atoms with E-state index >= 15 is 0 Å². The SMILES string of the molecule is CN(C)c1ccc(C2CC(c3ccc([N+](=O)[O-])cc3)=NN2C(=O)CN2C(=O)C(=O)c3ccccc32)cc1.